The van der Waals surface area contributed by atoms with Gasteiger partial charge in [0, 0.05) is 6.54 Å². The highest BCUT2D eigenvalue weighted by Gasteiger charge is 2.10. The van der Waals surface area contributed by atoms with Crippen molar-refractivity contribution in [2.24, 2.45) is 0 Å². The zero-order valence-electron chi connectivity index (χ0n) is 12.6. The highest BCUT2D eigenvalue weighted by Crippen LogP contribution is 2.23. The first-order chi connectivity index (χ1) is 10.3. The van der Waals surface area contributed by atoms with Gasteiger partial charge in [-0.3, -0.25) is 0 Å². The summed E-state index contributed by atoms with van der Waals surface area (Å²) < 4.78 is 11.0. The van der Waals surface area contributed by atoms with Crippen LogP contribution in [0.15, 0.2) is 18.2 Å². The van der Waals surface area contributed by atoms with E-state index in [0.717, 1.165) is 30.0 Å². The van der Waals surface area contributed by atoms with E-state index < -0.39 is 0 Å². The number of hydrogen-bond acceptors (Lipinski definition) is 4. The topological polar surface area (TPSA) is 41.9 Å². The van der Waals surface area contributed by atoms with Crippen molar-refractivity contribution >= 4 is 0 Å². The van der Waals surface area contributed by atoms with Crippen LogP contribution >= 0.6 is 0 Å². The molecule has 1 aliphatic heterocycles. The fraction of sp³-hybridized carbons (Fsp3) is 0.529. The summed E-state index contributed by atoms with van der Waals surface area (Å²) in [6.07, 6.45) is 3.65. The van der Waals surface area contributed by atoms with Crippen LogP contribution in [0.1, 0.15) is 24.8 Å². The first kappa shape index (κ1) is 15.7. The summed E-state index contributed by atoms with van der Waals surface area (Å²) in [5.41, 5.74) is 0.754. The Labute approximate surface area is 126 Å². The molecule has 0 bridgehead atoms. The predicted octanol–water partition coefficient (Wildman–Crippen LogP) is 1.90. The Kier molecular flexibility index (Phi) is 6.39. The first-order valence-corrected chi connectivity index (χ1v) is 7.46. The van der Waals surface area contributed by atoms with Crippen LogP contribution in [-0.2, 0) is 0 Å². The first-order valence-electron chi connectivity index (χ1n) is 7.46. The molecule has 0 saturated carbocycles. The van der Waals surface area contributed by atoms with Gasteiger partial charge in [0.25, 0.3) is 0 Å². The van der Waals surface area contributed by atoms with Gasteiger partial charge in [-0.25, -0.2) is 0 Å². The van der Waals surface area contributed by atoms with Crippen LogP contribution in [0.25, 0.3) is 0 Å². The minimum absolute atomic E-state index is 0.161. The van der Waals surface area contributed by atoms with E-state index in [1.165, 1.54) is 25.9 Å². The second-order valence-corrected chi connectivity index (χ2v) is 5.07. The molecule has 114 valence electrons. The molecule has 4 nitrogen and oxygen atoms in total. The van der Waals surface area contributed by atoms with E-state index in [1.54, 1.807) is 7.11 Å². The highest BCUT2D eigenvalue weighted by molar-refractivity contribution is 5.50. The second kappa shape index (κ2) is 8.56. The van der Waals surface area contributed by atoms with Gasteiger partial charge in [0.1, 0.15) is 18.1 Å². The van der Waals surface area contributed by atoms with Crippen LogP contribution < -0.4 is 9.47 Å². The molecule has 1 aromatic rings. The molecule has 2 rings (SSSR count). The third kappa shape index (κ3) is 4.96. The Morgan fingerprint density at radius 3 is 2.81 bits per heavy atom. The maximum Gasteiger partial charge on any atom is 0.135 e. The zero-order valence-corrected chi connectivity index (χ0v) is 12.6. The summed E-state index contributed by atoms with van der Waals surface area (Å²) in [4.78, 5) is 2.48. The van der Waals surface area contributed by atoms with Crippen LogP contribution in [0, 0.1) is 11.8 Å². The summed E-state index contributed by atoms with van der Waals surface area (Å²) in [6, 6.07) is 5.56. The molecule has 0 spiro atoms. The molecule has 0 aliphatic carbocycles. The van der Waals surface area contributed by atoms with Crippen LogP contribution in [0.4, 0.5) is 0 Å². The molecule has 1 N–H and O–H groups in total. The van der Waals surface area contributed by atoms with Gasteiger partial charge in [0.2, 0.25) is 0 Å². The molecule has 0 unspecified atom stereocenters. The lowest BCUT2D eigenvalue weighted by atomic mass is 10.2. The molecular weight excluding hydrogens is 266 g/mol. The number of aliphatic hydroxyl groups is 1. The third-order valence-electron chi connectivity index (χ3n) is 3.56. The summed E-state index contributed by atoms with van der Waals surface area (Å²) in [7, 11) is 1.62. The minimum Gasteiger partial charge on any atom is -0.497 e. The Balaban J connectivity index is 1.88. The normalized spacial score (nSPS) is 14.6. The number of nitrogens with zero attached hydrogens (tertiary/aromatic N) is 1. The molecule has 1 saturated heterocycles. The number of hydrogen-bond donors (Lipinski definition) is 1. The number of ether oxygens (including phenoxy) is 2. The largest absolute Gasteiger partial charge is 0.497 e. The van der Waals surface area contributed by atoms with Crippen LogP contribution in [0.3, 0.4) is 0 Å². The average molecular weight is 289 g/mol. The van der Waals surface area contributed by atoms with E-state index in [-0.39, 0.29) is 6.61 Å². The summed E-state index contributed by atoms with van der Waals surface area (Å²) in [5.74, 6) is 7.04. The highest BCUT2D eigenvalue weighted by atomic mass is 16.5. The van der Waals surface area contributed by atoms with Gasteiger partial charge >= 0.3 is 0 Å². The molecule has 1 heterocycles. The van der Waals surface area contributed by atoms with Gasteiger partial charge in [-0.05, 0) is 50.6 Å². The standard InChI is InChI=1S/C17H23NO3/c1-20-16-7-8-17(15(14-16)6-4-12-19)21-13-5-11-18-9-2-3-10-18/h7-8,14,19H,2-3,5,9-13H2,1H3. The summed E-state index contributed by atoms with van der Waals surface area (Å²) in [6.45, 7) is 4.04. The Morgan fingerprint density at radius 1 is 1.29 bits per heavy atom. The molecule has 0 radical (unpaired) electrons. The number of aliphatic hydroxyl groups excluding tert-OH is 1. The summed E-state index contributed by atoms with van der Waals surface area (Å²) >= 11 is 0. The Bertz CT molecular complexity index is 498. The van der Waals surface area contributed by atoms with Crippen LogP contribution in [-0.4, -0.2) is 50.0 Å². The quantitative estimate of drug-likeness (QED) is 0.641. The van der Waals surface area contributed by atoms with E-state index in [1.807, 2.05) is 18.2 Å². The number of benzene rings is 1. The van der Waals surface area contributed by atoms with Crippen molar-refractivity contribution in [3.8, 4) is 23.3 Å². The van der Waals surface area contributed by atoms with E-state index in [9.17, 15) is 0 Å². The molecular formula is C17H23NO3. The molecule has 4 heteroatoms. The van der Waals surface area contributed by atoms with E-state index in [0.29, 0.717) is 6.61 Å². The number of methoxy groups -OCH3 is 1. The lowest BCUT2D eigenvalue weighted by molar-refractivity contribution is 0.262. The molecule has 21 heavy (non-hydrogen) atoms. The van der Waals surface area contributed by atoms with Gasteiger partial charge in [0.15, 0.2) is 0 Å². The van der Waals surface area contributed by atoms with Crippen molar-refractivity contribution in [3.63, 3.8) is 0 Å². The lowest BCUT2D eigenvalue weighted by Crippen LogP contribution is -2.21. The fourth-order valence-corrected chi connectivity index (χ4v) is 2.47. The average Bonchev–Trinajstić information content (AvgIpc) is 3.03. The van der Waals surface area contributed by atoms with Crippen molar-refractivity contribution in [1.29, 1.82) is 0 Å². The summed E-state index contributed by atoms with van der Waals surface area (Å²) in [5, 5.41) is 8.83. The van der Waals surface area contributed by atoms with Gasteiger partial charge in [-0.2, -0.15) is 0 Å². The van der Waals surface area contributed by atoms with Gasteiger partial charge in [-0.1, -0.05) is 11.8 Å². The van der Waals surface area contributed by atoms with E-state index >= 15 is 0 Å². The molecule has 0 aromatic heterocycles. The molecule has 0 amide bonds. The van der Waals surface area contributed by atoms with E-state index in [4.69, 9.17) is 14.6 Å². The second-order valence-electron chi connectivity index (χ2n) is 5.07. The van der Waals surface area contributed by atoms with E-state index in [2.05, 4.69) is 16.7 Å². The zero-order chi connectivity index (χ0) is 14.9. The van der Waals surface area contributed by atoms with Crippen molar-refractivity contribution in [1.82, 2.24) is 4.90 Å². The lowest BCUT2D eigenvalue weighted by Gasteiger charge is -2.15. The molecule has 0 atom stereocenters. The van der Waals surface area contributed by atoms with Crippen LogP contribution in [0.5, 0.6) is 11.5 Å². The SMILES string of the molecule is COc1ccc(OCCCN2CCCC2)c(C#CCO)c1. The van der Waals surface area contributed by atoms with Crippen molar-refractivity contribution < 1.29 is 14.6 Å². The molecule has 1 fully saturated rings. The monoisotopic (exact) mass is 289 g/mol. The Hall–Kier alpha value is -1.70. The third-order valence-corrected chi connectivity index (χ3v) is 3.56. The predicted molar refractivity (Wildman–Crippen MR) is 82.7 cm³/mol. The smallest absolute Gasteiger partial charge is 0.135 e. The number of likely N-dealkylation sites (tertiary alicyclic amines) is 1. The fourth-order valence-electron chi connectivity index (χ4n) is 2.47. The van der Waals surface area contributed by atoms with Crippen molar-refractivity contribution in [3.05, 3.63) is 23.8 Å². The maximum absolute atomic E-state index is 8.83. The van der Waals surface area contributed by atoms with Crippen LogP contribution in [0.2, 0.25) is 0 Å². The van der Waals surface area contributed by atoms with Gasteiger partial charge < -0.3 is 19.5 Å². The minimum atomic E-state index is -0.161. The molecule has 1 aromatic carbocycles. The molecule has 1 aliphatic rings. The van der Waals surface area contributed by atoms with Gasteiger partial charge in [-0.15, -0.1) is 0 Å². The van der Waals surface area contributed by atoms with Crippen molar-refractivity contribution in [2.75, 3.05) is 40.0 Å². The Morgan fingerprint density at radius 2 is 2.10 bits per heavy atom. The maximum atomic E-state index is 8.83. The number of rotatable bonds is 6. The van der Waals surface area contributed by atoms with Gasteiger partial charge in [0.05, 0.1) is 19.3 Å². The van der Waals surface area contributed by atoms with Crippen molar-refractivity contribution in [2.45, 2.75) is 19.3 Å².